The van der Waals surface area contributed by atoms with Crippen molar-refractivity contribution in [2.75, 3.05) is 0 Å². The Hall–Kier alpha value is -3.77. The smallest absolute Gasteiger partial charge is 0.286 e. The number of hydrogen-bond acceptors (Lipinski definition) is 6. The molecule has 38 heavy (non-hydrogen) atoms. The molecule has 2 aromatic carbocycles. The Morgan fingerprint density at radius 1 is 0.974 bits per heavy atom. The van der Waals surface area contributed by atoms with Crippen molar-refractivity contribution < 1.29 is 8.42 Å². The highest BCUT2D eigenvalue weighted by atomic mass is 35.5. The minimum atomic E-state index is -3.95. The highest BCUT2D eigenvalue weighted by Crippen LogP contribution is 2.32. The van der Waals surface area contributed by atoms with Gasteiger partial charge in [0, 0.05) is 29.5 Å². The summed E-state index contributed by atoms with van der Waals surface area (Å²) in [6, 6.07) is 15.9. The van der Waals surface area contributed by atoms with E-state index in [9.17, 15) is 18.0 Å². The van der Waals surface area contributed by atoms with Crippen molar-refractivity contribution in [3.8, 4) is 17.1 Å². The lowest BCUT2D eigenvalue weighted by Gasteiger charge is -2.17. The van der Waals surface area contributed by atoms with Crippen molar-refractivity contribution in [2.45, 2.75) is 17.9 Å². The first-order valence-corrected chi connectivity index (χ1v) is 13.5. The van der Waals surface area contributed by atoms with Gasteiger partial charge in [0.1, 0.15) is 10.7 Å². The lowest BCUT2D eigenvalue weighted by molar-refractivity contribution is 0.566. The number of aromatic nitrogens is 5. The Kier molecular flexibility index (Phi) is 6.48. The summed E-state index contributed by atoms with van der Waals surface area (Å²) in [6.45, 7) is 1.70. The molecule has 3 heterocycles. The van der Waals surface area contributed by atoms with Gasteiger partial charge in [0.05, 0.1) is 16.8 Å². The van der Waals surface area contributed by atoms with Crippen LogP contribution < -0.4 is 16.4 Å². The minimum absolute atomic E-state index is 0.104. The van der Waals surface area contributed by atoms with E-state index < -0.39 is 27.3 Å². The molecule has 0 aliphatic rings. The first kappa shape index (κ1) is 25.9. The van der Waals surface area contributed by atoms with Gasteiger partial charge in [-0.3, -0.25) is 23.5 Å². The van der Waals surface area contributed by atoms with Gasteiger partial charge in [-0.15, -0.1) is 0 Å². The summed E-state index contributed by atoms with van der Waals surface area (Å²) in [5.41, 5.74) is 0.539. The van der Waals surface area contributed by atoms with E-state index in [1.54, 1.807) is 60.0 Å². The Bertz CT molecular complexity index is 1930. The average molecular weight is 571 g/mol. The van der Waals surface area contributed by atoms with E-state index in [4.69, 9.17) is 33.3 Å². The third kappa shape index (κ3) is 4.33. The lowest BCUT2D eigenvalue weighted by Crippen LogP contribution is -2.40. The maximum absolute atomic E-state index is 13.5. The molecular weight excluding hydrogens is 551 g/mol. The second-order valence-corrected chi connectivity index (χ2v) is 11.0. The van der Waals surface area contributed by atoms with Crippen LogP contribution in [0.4, 0.5) is 0 Å². The number of rotatable bonds is 5. The van der Waals surface area contributed by atoms with E-state index >= 15 is 0 Å². The molecule has 194 valence electrons. The van der Waals surface area contributed by atoms with Crippen molar-refractivity contribution in [3.63, 3.8) is 0 Å². The van der Waals surface area contributed by atoms with Gasteiger partial charge in [0.15, 0.2) is 11.2 Å². The molecule has 0 aliphatic heterocycles. The number of nitrogens with zero attached hydrogens (tertiary/aromatic N) is 5. The molecule has 0 unspecified atom stereocenters. The normalized spacial score (nSPS) is 12.7. The van der Waals surface area contributed by atoms with Gasteiger partial charge in [0.25, 0.3) is 5.56 Å². The third-order valence-electron chi connectivity index (χ3n) is 6.19. The number of benzene rings is 2. The van der Waals surface area contributed by atoms with Crippen molar-refractivity contribution in [2.24, 2.45) is 12.2 Å². The van der Waals surface area contributed by atoms with E-state index in [1.807, 2.05) is 0 Å². The standard InChI is InChI=1S/C25H20Cl2N6O4S/c1-14(20-12-11-17(13-29-20)38(28,36)37)32-23-21(24(34)31(2)25(32)35)33(16-9-7-15(26)8-10-16)22(30-23)18-5-3-4-6-19(18)27/h3-14H,1-2H3,(H2,28,36,37)/t14-/m1/s1. The molecule has 3 aromatic heterocycles. The van der Waals surface area contributed by atoms with Crippen molar-refractivity contribution in [1.82, 2.24) is 23.7 Å². The Labute approximate surface area is 226 Å². The van der Waals surface area contributed by atoms with Crippen molar-refractivity contribution in [3.05, 3.63) is 103 Å². The van der Waals surface area contributed by atoms with Crippen molar-refractivity contribution >= 4 is 44.4 Å². The molecule has 0 saturated heterocycles. The minimum Gasteiger partial charge on any atom is -0.286 e. The number of fused-ring (bicyclic) bond motifs is 1. The predicted molar refractivity (Wildman–Crippen MR) is 145 cm³/mol. The topological polar surface area (TPSA) is 135 Å². The fourth-order valence-corrected chi connectivity index (χ4v) is 5.02. The molecular formula is C25H20Cl2N6O4S. The SMILES string of the molecule is C[C@H](c1ccc(S(N)(=O)=O)cn1)n1c(=O)n(C)c(=O)c2c1nc(-c1ccccc1Cl)n2-c1ccc(Cl)cc1. The van der Waals surface area contributed by atoms with Gasteiger partial charge in [-0.05, 0) is 55.5 Å². The molecule has 13 heteroatoms. The van der Waals surface area contributed by atoms with Gasteiger partial charge in [-0.1, -0.05) is 35.3 Å². The predicted octanol–water partition coefficient (Wildman–Crippen LogP) is 3.51. The number of halogens is 2. The maximum Gasteiger partial charge on any atom is 0.333 e. The third-order valence-corrected chi connectivity index (χ3v) is 7.67. The largest absolute Gasteiger partial charge is 0.333 e. The fourth-order valence-electron chi connectivity index (χ4n) is 4.22. The van der Waals surface area contributed by atoms with Crippen LogP contribution in [0, 0.1) is 0 Å². The van der Waals surface area contributed by atoms with Crippen LogP contribution in [-0.2, 0) is 17.1 Å². The first-order chi connectivity index (χ1) is 18.0. The molecule has 2 N–H and O–H groups in total. The zero-order chi connectivity index (χ0) is 27.4. The second kappa shape index (κ2) is 9.52. The molecule has 5 rings (SSSR count). The van der Waals surface area contributed by atoms with Crippen LogP contribution in [0.1, 0.15) is 18.7 Å². The first-order valence-electron chi connectivity index (χ1n) is 11.2. The van der Waals surface area contributed by atoms with E-state index in [2.05, 4.69) is 4.98 Å². The highest BCUT2D eigenvalue weighted by Gasteiger charge is 2.26. The lowest BCUT2D eigenvalue weighted by atomic mass is 10.2. The zero-order valence-corrected chi connectivity index (χ0v) is 22.4. The number of sulfonamides is 1. The molecule has 1 atom stereocenters. The number of pyridine rings is 1. The van der Waals surface area contributed by atoms with E-state index in [-0.39, 0.29) is 16.1 Å². The van der Waals surface area contributed by atoms with Crippen LogP contribution in [0.25, 0.3) is 28.2 Å². The van der Waals surface area contributed by atoms with Gasteiger partial charge in [0.2, 0.25) is 10.0 Å². The summed E-state index contributed by atoms with van der Waals surface area (Å²) in [5, 5.41) is 6.09. The van der Waals surface area contributed by atoms with Gasteiger partial charge in [-0.2, -0.15) is 0 Å². The molecule has 0 bridgehead atoms. The van der Waals surface area contributed by atoms with Gasteiger partial charge < -0.3 is 0 Å². The number of nitrogens with two attached hydrogens (primary N) is 1. The molecule has 0 saturated carbocycles. The van der Waals surface area contributed by atoms with Crippen LogP contribution in [-0.4, -0.2) is 32.1 Å². The van der Waals surface area contributed by atoms with E-state index in [1.165, 1.54) is 23.7 Å². The van der Waals surface area contributed by atoms with Crippen LogP contribution in [0.5, 0.6) is 0 Å². The highest BCUT2D eigenvalue weighted by molar-refractivity contribution is 7.89. The molecule has 5 aromatic rings. The summed E-state index contributed by atoms with van der Waals surface area (Å²) < 4.78 is 27.3. The number of hydrogen-bond donors (Lipinski definition) is 1. The maximum atomic E-state index is 13.5. The molecule has 0 fully saturated rings. The van der Waals surface area contributed by atoms with Gasteiger partial charge >= 0.3 is 5.69 Å². The van der Waals surface area contributed by atoms with Gasteiger partial charge in [-0.25, -0.2) is 23.3 Å². The summed E-state index contributed by atoms with van der Waals surface area (Å²) in [4.78, 5) is 35.8. The van der Waals surface area contributed by atoms with Crippen molar-refractivity contribution in [1.29, 1.82) is 0 Å². The monoisotopic (exact) mass is 570 g/mol. The number of primary sulfonamides is 1. The van der Waals surface area contributed by atoms with Crippen LogP contribution in [0.3, 0.4) is 0 Å². The Morgan fingerprint density at radius 3 is 2.26 bits per heavy atom. The summed E-state index contributed by atoms with van der Waals surface area (Å²) in [7, 11) is -2.58. The Balaban J connectivity index is 1.86. The van der Waals surface area contributed by atoms with E-state index in [0.29, 0.717) is 32.8 Å². The summed E-state index contributed by atoms with van der Waals surface area (Å²) in [6.07, 6.45) is 1.12. The molecule has 0 radical (unpaired) electrons. The fraction of sp³-hybridized carbons (Fsp3) is 0.120. The molecule has 0 aliphatic carbocycles. The zero-order valence-electron chi connectivity index (χ0n) is 20.0. The summed E-state index contributed by atoms with van der Waals surface area (Å²) in [5.74, 6) is 0.342. The molecule has 0 spiro atoms. The number of imidazole rings is 1. The van der Waals surface area contributed by atoms with Crippen LogP contribution >= 0.6 is 23.2 Å². The quantitative estimate of drug-likeness (QED) is 0.343. The average Bonchev–Trinajstić information content (AvgIpc) is 3.27. The summed E-state index contributed by atoms with van der Waals surface area (Å²) >= 11 is 12.6. The van der Waals surface area contributed by atoms with Crippen LogP contribution in [0.15, 0.2) is 81.3 Å². The molecule has 0 amide bonds. The second-order valence-electron chi connectivity index (χ2n) is 8.56. The molecule has 10 nitrogen and oxygen atoms in total. The Morgan fingerprint density at radius 2 is 1.66 bits per heavy atom. The van der Waals surface area contributed by atoms with E-state index in [0.717, 1.165) is 10.8 Å². The van der Waals surface area contributed by atoms with Crippen LogP contribution in [0.2, 0.25) is 10.0 Å².